The Balaban J connectivity index is 2.18. The largest absolute Gasteiger partial charge is 0.493 e. The number of carbonyl (C=O) groups is 4. The minimum absolute atomic E-state index is 0.0783. The summed E-state index contributed by atoms with van der Waals surface area (Å²) in [4.78, 5) is 47.7. The Bertz CT molecular complexity index is 1100. The van der Waals surface area contributed by atoms with Crippen LogP contribution in [0.5, 0.6) is 5.75 Å². The van der Waals surface area contributed by atoms with Gasteiger partial charge < -0.3 is 32.8 Å². The van der Waals surface area contributed by atoms with Gasteiger partial charge in [-0.2, -0.15) is 0 Å². The lowest BCUT2D eigenvalue weighted by molar-refractivity contribution is -0.245. The standard InChI is InChI=1S/C23H26O11/c1-10-18(31-11(2)24)21(32-12(3)25)22(33-13(4)26)20(30-10)14-7-8-16(28-5)19-15(14)9-17(34-19)23(27)29-6/h7-10,18,20-22H,1-6H3/t10-,18+,20+,21+,22+/m0/s1. The summed E-state index contributed by atoms with van der Waals surface area (Å²) < 4.78 is 38.2. The molecule has 0 unspecified atom stereocenters. The second-order valence-electron chi connectivity index (χ2n) is 7.69. The van der Waals surface area contributed by atoms with Gasteiger partial charge in [-0.25, -0.2) is 4.79 Å². The van der Waals surface area contributed by atoms with Crippen LogP contribution in [0, 0.1) is 0 Å². The molecule has 0 saturated carbocycles. The van der Waals surface area contributed by atoms with Gasteiger partial charge in [0.25, 0.3) is 0 Å². The summed E-state index contributed by atoms with van der Waals surface area (Å²) in [5.74, 6) is -2.39. The van der Waals surface area contributed by atoms with Crippen LogP contribution in [0.15, 0.2) is 22.6 Å². The highest BCUT2D eigenvalue weighted by atomic mass is 16.6. The molecule has 0 amide bonds. The molecular formula is C23H26O11. The van der Waals surface area contributed by atoms with Crippen LogP contribution in [-0.2, 0) is 38.1 Å². The summed E-state index contributed by atoms with van der Waals surface area (Å²) in [6, 6.07) is 4.71. The monoisotopic (exact) mass is 478 g/mol. The average molecular weight is 478 g/mol. The molecule has 5 atom stereocenters. The van der Waals surface area contributed by atoms with E-state index < -0.39 is 54.4 Å². The van der Waals surface area contributed by atoms with Crippen molar-refractivity contribution in [3.05, 3.63) is 29.5 Å². The Kier molecular flexibility index (Phi) is 7.45. The van der Waals surface area contributed by atoms with Crippen LogP contribution < -0.4 is 4.74 Å². The van der Waals surface area contributed by atoms with Gasteiger partial charge in [-0.3, -0.25) is 14.4 Å². The lowest BCUT2D eigenvalue weighted by Crippen LogP contribution is -2.57. The van der Waals surface area contributed by atoms with Gasteiger partial charge in [0.05, 0.1) is 20.3 Å². The Morgan fingerprint density at radius 1 is 0.853 bits per heavy atom. The molecule has 11 nitrogen and oxygen atoms in total. The zero-order chi connectivity index (χ0) is 25.2. The van der Waals surface area contributed by atoms with Crippen molar-refractivity contribution in [2.75, 3.05) is 14.2 Å². The number of hydrogen-bond acceptors (Lipinski definition) is 11. The van der Waals surface area contributed by atoms with Crippen LogP contribution in [0.25, 0.3) is 11.0 Å². The maximum absolute atomic E-state index is 12.1. The van der Waals surface area contributed by atoms with Crippen molar-refractivity contribution in [3.63, 3.8) is 0 Å². The van der Waals surface area contributed by atoms with Gasteiger partial charge in [0.15, 0.2) is 29.6 Å². The van der Waals surface area contributed by atoms with Gasteiger partial charge >= 0.3 is 23.9 Å². The zero-order valence-electron chi connectivity index (χ0n) is 19.6. The minimum atomic E-state index is -1.19. The highest BCUT2D eigenvalue weighted by molar-refractivity contribution is 5.96. The van der Waals surface area contributed by atoms with Crippen LogP contribution in [0.3, 0.4) is 0 Å². The fourth-order valence-corrected chi connectivity index (χ4v) is 3.99. The second-order valence-corrected chi connectivity index (χ2v) is 7.69. The smallest absolute Gasteiger partial charge is 0.373 e. The summed E-state index contributed by atoms with van der Waals surface area (Å²) in [6.07, 6.45) is -5.12. The van der Waals surface area contributed by atoms with Gasteiger partial charge in [0, 0.05) is 26.2 Å². The van der Waals surface area contributed by atoms with E-state index in [-0.39, 0.29) is 11.3 Å². The molecule has 0 radical (unpaired) electrons. The fourth-order valence-electron chi connectivity index (χ4n) is 3.99. The molecule has 1 aliphatic heterocycles. The number of methoxy groups -OCH3 is 2. The lowest BCUT2D eigenvalue weighted by Gasteiger charge is -2.44. The van der Waals surface area contributed by atoms with E-state index in [1.165, 1.54) is 41.1 Å². The summed E-state index contributed by atoms with van der Waals surface area (Å²) in [5.41, 5.74) is 0.704. The molecule has 0 aliphatic carbocycles. The molecule has 2 heterocycles. The van der Waals surface area contributed by atoms with E-state index in [1.807, 2.05) is 0 Å². The summed E-state index contributed by atoms with van der Waals surface area (Å²) in [7, 11) is 2.66. The van der Waals surface area contributed by atoms with Crippen molar-refractivity contribution in [1.82, 2.24) is 0 Å². The maximum atomic E-state index is 12.1. The molecule has 1 aliphatic rings. The molecule has 1 aromatic carbocycles. The number of hydrogen-bond donors (Lipinski definition) is 0. The number of rotatable bonds is 6. The highest BCUT2D eigenvalue weighted by Crippen LogP contribution is 2.42. The first-order chi connectivity index (χ1) is 16.1. The number of ether oxygens (including phenoxy) is 6. The Morgan fingerprint density at radius 3 is 2.00 bits per heavy atom. The fraction of sp³-hybridized carbons (Fsp3) is 0.478. The van der Waals surface area contributed by atoms with Gasteiger partial charge in [-0.15, -0.1) is 0 Å². The van der Waals surface area contributed by atoms with Gasteiger partial charge in [-0.1, -0.05) is 6.07 Å². The van der Waals surface area contributed by atoms with E-state index in [2.05, 4.69) is 0 Å². The number of fused-ring (bicyclic) bond motifs is 1. The van der Waals surface area contributed by atoms with E-state index in [9.17, 15) is 19.2 Å². The number of carbonyl (C=O) groups excluding carboxylic acids is 4. The number of benzene rings is 1. The van der Waals surface area contributed by atoms with E-state index in [4.69, 9.17) is 32.8 Å². The third-order valence-corrected chi connectivity index (χ3v) is 5.27. The van der Waals surface area contributed by atoms with Crippen LogP contribution in [-0.4, -0.2) is 62.5 Å². The normalized spacial score (nSPS) is 24.2. The van der Waals surface area contributed by atoms with Crippen LogP contribution in [0.4, 0.5) is 0 Å². The molecule has 34 heavy (non-hydrogen) atoms. The molecule has 0 spiro atoms. The molecule has 1 saturated heterocycles. The third-order valence-electron chi connectivity index (χ3n) is 5.27. The third kappa shape index (κ3) is 4.98. The Hall–Kier alpha value is -3.60. The molecule has 2 aromatic rings. The van der Waals surface area contributed by atoms with Crippen LogP contribution >= 0.6 is 0 Å². The molecule has 0 bridgehead atoms. The Labute approximate surface area is 195 Å². The summed E-state index contributed by atoms with van der Waals surface area (Å²) in [6.45, 7) is 5.22. The highest BCUT2D eigenvalue weighted by Gasteiger charge is 2.51. The first-order valence-corrected chi connectivity index (χ1v) is 10.4. The quantitative estimate of drug-likeness (QED) is 0.447. The topological polar surface area (TPSA) is 137 Å². The molecule has 3 rings (SSSR count). The van der Waals surface area contributed by atoms with Crippen molar-refractivity contribution < 1.29 is 52.0 Å². The lowest BCUT2D eigenvalue weighted by atomic mass is 9.89. The average Bonchev–Trinajstić information content (AvgIpc) is 3.21. The predicted octanol–water partition coefficient (Wildman–Crippen LogP) is 2.48. The Morgan fingerprint density at radius 2 is 1.44 bits per heavy atom. The van der Waals surface area contributed by atoms with Crippen molar-refractivity contribution in [3.8, 4) is 5.75 Å². The zero-order valence-corrected chi connectivity index (χ0v) is 19.6. The second kappa shape index (κ2) is 10.1. The van der Waals surface area contributed by atoms with Crippen molar-refractivity contribution in [2.45, 2.75) is 58.2 Å². The van der Waals surface area contributed by atoms with E-state index >= 15 is 0 Å². The molecule has 11 heteroatoms. The van der Waals surface area contributed by atoms with Gasteiger partial charge in [0.1, 0.15) is 6.10 Å². The molecular weight excluding hydrogens is 452 g/mol. The van der Waals surface area contributed by atoms with Crippen molar-refractivity contribution in [2.24, 2.45) is 0 Å². The summed E-state index contributed by atoms with van der Waals surface area (Å²) >= 11 is 0. The molecule has 1 fully saturated rings. The minimum Gasteiger partial charge on any atom is -0.493 e. The maximum Gasteiger partial charge on any atom is 0.373 e. The van der Waals surface area contributed by atoms with Crippen LogP contribution in [0.2, 0.25) is 0 Å². The number of esters is 4. The van der Waals surface area contributed by atoms with Crippen molar-refractivity contribution in [1.29, 1.82) is 0 Å². The van der Waals surface area contributed by atoms with E-state index in [1.54, 1.807) is 19.1 Å². The van der Waals surface area contributed by atoms with Crippen LogP contribution in [0.1, 0.15) is 49.9 Å². The van der Waals surface area contributed by atoms with Gasteiger partial charge in [0.2, 0.25) is 5.76 Å². The van der Waals surface area contributed by atoms with E-state index in [0.717, 1.165) is 0 Å². The van der Waals surface area contributed by atoms with Gasteiger partial charge in [-0.05, 0) is 24.6 Å². The number of furan rings is 1. The predicted molar refractivity (Wildman–Crippen MR) is 114 cm³/mol. The SMILES string of the molecule is COC(=O)c1cc2c([C@H]3O[C@@H](C)[C@@H](OC(C)=O)[C@@H](OC(C)=O)[C@@H]3OC(C)=O)ccc(OC)c2o1. The van der Waals surface area contributed by atoms with E-state index in [0.29, 0.717) is 16.7 Å². The van der Waals surface area contributed by atoms with Crippen molar-refractivity contribution >= 4 is 34.8 Å². The molecule has 1 aromatic heterocycles. The first kappa shape index (κ1) is 25.0. The summed E-state index contributed by atoms with van der Waals surface area (Å²) in [5, 5.41) is 0.432. The molecule has 0 N–H and O–H groups in total. The first-order valence-electron chi connectivity index (χ1n) is 10.4. The molecule has 184 valence electrons.